The standard InChI is InChI=1S/C11H16F4O2/c1-6(2)8(16)9(7-3-4-7)17-5-11(14,15)10(12)13/h6-7,9-10H,3-5H2,1-2H3/t9-/m0/s1. The Balaban J connectivity index is 2.54. The molecule has 0 heterocycles. The van der Waals surface area contributed by atoms with Crippen molar-refractivity contribution in [3.8, 4) is 0 Å². The molecule has 0 radical (unpaired) electrons. The Morgan fingerprint density at radius 3 is 2.24 bits per heavy atom. The fraction of sp³-hybridized carbons (Fsp3) is 0.909. The van der Waals surface area contributed by atoms with Gasteiger partial charge in [0.25, 0.3) is 0 Å². The molecule has 0 aromatic rings. The minimum atomic E-state index is -4.19. The van der Waals surface area contributed by atoms with Crippen molar-refractivity contribution in [2.45, 2.75) is 45.1 Å². The lowest BCUT2D eigenvalue weighted by molar-refractivity contribution is -0.181. The van der Waals surface area contributed by atoms with Gasteiger partial charge in [-0.25, -0.2) is 8.78 Å². The van der Waals surface area contributed by atoms with Gasteiger partial charge in [0.15, 0.2) is 5.78 Å². The molecule has 2 nitrogen and oxygen atoms in total. The summed E-state index contributed by atoms with van der Waals surface area (Å²) in [7, 11) is 0. The van der Waals surface area contributed by atoms with Gasteiger partial charge in [0, 0.05) is 5.92 Å². The van der Waals surface area contributed by atoms with Gasteiger partial charge in [-0.3, -0.25) is 4.79 Å². The van der Waals surface area contributed by atoms with E-state index in [1.54, 1.807) is 13.8 Å². The number of Topliss-reactive ketones (excluding diaryl/α,β-unsaturated/α-hetero) is 1. The summed E-state index contributed by atoms with van der Waals surface area (Å²) in [6.45, 7) is 1.86. The first-order valence-corrected chi connectivity index (χ1v) is 5.57. The maximum absolute atomic E-state index is 12.7. The summed E-state index contributed by atoms with van der Waals surface area (Å²) in [4.78, 5) is 11.7. The molecular weight excluding hydrogens is 240 g/mol. The molecule has 1 saturated carbocycles. The fourth-order valence-electron chi connectivity index (χ4n) is 1.44. The molecule has 1 aliphatic rings. The Morgan fingerprint density at radius 1 is 1.35 bits per heavy atom. The third kappa shape index (κ3) is 3.94. The summed E-state index contributed by atoms with van der Waals surface area (Å²) < 4.78 is 53.9. The van der Waals surface area contributed by atoms with Gasteiger partial charge in [-0.05, 0) is 18.8 Å². The van der Waals surface area contributed by atoms with E-state index in [0.29, 0.717) is 0 Å². The van der Waals surface area contributed by atoms with E-state index in [1.165, 1.54) is 0 Å². The molecule has 0 unspecified atom stereocenters. The van der Waals surface area contributed by atoms with Crippen LogP contribution in [0.2, 0.25) is 0 Å². The Morgan fingerprint density at radius 2 is 1.88 bits per heavy atom. The number of hydrogen-bond acceptors (Lipinski definition) is 2. The van der Waals surface area contributed by atoms with Crippen molar-refractivity contribution >= 4 is 5.78 Å². The van der Waals surface area contributed by atoms with E-state index in [9.17, 15) is 22.4 Å². The lowest BCUT2D eigenvalue weighted by Gasteiger charge is -2.22. The highest BCUT2D eigenvalue weighted by molar-refractivity contribution is 5.85. The summed E-state index contributed by atoms with van der Waals surface area (Å²) in [5.41, 5.74) is 0. The van der Waals surface area contributed by atoms with Gasteiger partial charge in [-0.2, -0.15) is 8.78 Å². The van der Waals surface area contributed by atoms with Crippen molar-refractivity contribution in [2.24, 2.45) is 11.8 Å². The highest BCUT2D eigenvalue weighted by Gasteiger charge is 2.45. The lowest BCUT2D eigenvalue weighted by atomic mass is 10.0. The zero-order valence-corrected chi connectivity index (χ0v) is 9.76. The number of halogens is 4. The van der Waals surface area contributed by atoms with Crippen LogP contribution < -0.4 is 0 Å². The van der Waals surface area contributed by atoms with Crippen LogP contribution in [0.25, 0.3) is 0 Å². The van der Waals surface area contributed by atoms with Crippen molar-refractivity contribution in [1.29, 1.82) is 0 Å². The number of hydrogen-bond donors (Lipinski definition) is 0. The first kappa shape index (κ1) is 14.4. The fourth-order valence-corrected chi connectivity index (χ4v) is 1.44. The number of ether oxygens (including phenoxy) is 1. The predicted molar refractivity (Wildman–Crippen MR) is 53.3 cm³/mol. The highest BCUT2D eigenvalue weighted by atomic mass is 19.3. The minimum absolute atomic E-state index is 0.0848. The smallest absolute Gasteiger partial charge is 0.330 e. The van der Waals surface area contributed by atoms with E-state index in [1.807, 2.05) is 0 Å². The van der Waals surface area contributed by atoms with Gasteiger partial charge in [-0.1, -0.05) is 13.8 Å². The monoisotopic (exact) mass is 256 g/mol. The first-order chi connectivity index (χ1) is 7.75. The normalized spacial score (nSPS) is 18.8. The van der Waals surface area contributed by atoms with Crippen molar-refractivity contribution in [2.75, 3.05) is 6.61 Å². The molecular formula is C11H16F4O2. The second-order valence-corrected chi connectivity index (χ2v) is 4.69. The van der Waals surface area contributed by atoms with E-state index >= 15 is 0 Å². The van der Waals surface area contributed by atoms with E-state index in [-0.39, 0.29) is 17.6 Å². The van der Waals surface area contributed by atoms with Gasteiger partial charge >= 0.3 is 12.3 Å². The molecule has 0 amide bonds. The molecule has 1 aliphatic carbocycles. The zero-order valence-electron chi connectivity index (χ0n) is 9.76. The van der Waals surface area contributed by atoms with Crippen molar-refractivity contribution in [3.63, 3.8) is 0 Å². The van der Waals surface area contributed by atoms with E-state index in [0.717, 1.165) is 12.8 Å². The number of rotatable bonds is 7. The van der Waals surface area contributed by atoms with Crippen LogP contribution >= 0.6 is 0 Å². The number of ketones is 1. The predicted octanol–water partition coefficient (Wildman–Crippen LogP) is 2.91. The number of alkyl halides is 4. The molecule has 0 aromatic carbocycles. The molecule has 17 heavy (non-hydrogen) atoms. The van der Waals surface area contributed by atoms with Crippen molar-refractivity contribution < 1.29 is 27.1 Å². The van der Waals surface area contributed by atoms with Gasteiger partial charge < -0.3 is 4.74 Å². The van der Waals surface area contributed by atoms with Crippen LogP contribution in [0.1, 0.15) is 26.7 Å². The van der Waals surface area contributed by atoms with Crippen LogP contribution in [-0.2, 0) is 9.53 Å². The van der Waals surface area contributed by atoms with Gasteiger partial charge in [-0.15, -0.1) is 0 Å². The number of carbonyl (C=O) groups excluding carboxylic acids is 1. The van der Waals surface area contributed by atoms with E-state index in [2.05, 4.69) is 0 Å². The topological polar surface area (TPSA) is 26.3 Å². The molecule has 0 spiro atoms. The zero-order chi connectivity index (χ0) is 13.2. The summed E-state index contributed by atoms with van der Waals surface area (Å²) in [5.74, 6) is -4.92. The highest BCUT2D eigenvalue weighted by Crippen LogP contribution is 2.36. The molecule has 0 aliphatic heterocycles. The quantitative estimate of drug-likeness (QED) is 0.655. The minimum Gasteiger partial charge on any atom is -0.364 e. The van der Waals surface area contributed by atoms with Crippen molar-refractivity contribution in [1.82, 2.24) is 0 Å². The Hall–Kier alpha value is -0.650. The molecule has 0 aromatic heterocycles. The summed E-state index contributed by atoms with van der Waals surface area (Å²) >= 11 is 0. The maximum atomic E-state index is 12.7. The molecule has 1 fully saturated rings. The van der Waals surface area contributed by atoms with Crippen molar-refractivity contribution in [3.05, 3.63) is 0 Å². The summed E-state index contributed by atoms with van der Waals surface area (Å²) in [5, 5.41) is 0. The summed E-state index contributed by atoms with van der Waals surface area (Å²) in [6.07, 6.45) is -3.27. The molecule has 100 valence electrons. The third-order valence-corrected chi connectivity index (χ3v) is 2.67. The van der Waals surface area contributed by atoms with Crippen LogP contribution in [0.4, 0.5) is 17.6 Å². The van der Waals surface area contributed by atoms with Crippen LogP contribution in [-0.4, -0.2) is 30.8 Å². The number of carbonyl (C=O) groups is 1. The molecule has 6 heteroatoms. The Labute approximate surface area is 97.3 Å². The summed E-state index contributed by atoms with van der Waals surface area (Å²) in [6, 6.07) is 0. The Kier molecular flexibility index (Phi) is 4.52. The Bertz CT molecular complexity index is 275. The van der Waals surface area contributed by atoms with Crippen LogP contribution in [0.3, 0.4) is 0 Å². The van der Waals surface area contributed by atoms with Crippen LogP contribution in [0, 0.1) is 11.8 Å². The molecule has 0 bridgehead atoms. The van der Waals surface area contributed by atoms with E-state index < -0.39 is 25.1 Å². The van der Waals surface area contributed by atoms with Gasteiger partial charge in [0.05, 0.1) is 0 Å². The van der Waals surface area contributed by atoms with Gasteiger partial charge in [0.2, 0.25) is 0 Å². The lowest BCUT2D eigenvalue weighted by Crippen LogP contribution is -2.38. The second-order valence-electron chi connectivity index (χ2n) is 4.69. The molecule has 1 atom stereocenters. The average Bonchev–Trinajstić information content (AvgIpc) is 3.01. The van der Waals surface area contributed by atoms with Crippen LogP contribution in [0.5, 0.6) is 0 Å². The van der Waals surface area contributed by atoms with Crippen LogP contribution in [0.15, 0.2) is 0 Å². The average molecular weight is 256 g/mol. The van der Waals surface area contributed by atoms with Gasteiger partial charge in [0.1, 0.15) is 12.7 Å². The molecule has 0 N–H and O–H groups in total. The maximum Gasteiger partial charge on any atom is 0.330 e. The molecule has 1 rings (SSSR count). The van der Waals surface area contributed by atoms with E-state index in [4.69, 9.17) is 4.74 Å². The first-order valence-electron chi connectivity index (χ1n) is 5.57. The largest absolute Gasteiger partial charge is 0.364 e. The molecule has 0 saturated heterocycles. The SMILES string of the molecule is CC(C)C(=O)[C@@H](OCC(F)(F)C(F)F)C1CC1. The third-order valence-electron chi connectivity index (χ3n) is 2.67. The second kappa shape index (κ2) is 5.33.